The maximum atomic E-state index is 12.4. The van der Waals surface area contributed by atoms with Crippen LogP contribution >= 0.6 is 0 Å². The number of benzene rings is 2. The molecule has 0 aliphatic heterocycles. The first-order valence-corrected chi connectivity index (χ1v) is 9.56. The van der Waals surface area contributed by atoms with E-state index in [1.165, 1.54) is 24.0 Å². The standard InChI is InChI=1S/C23H23N3O5/c1-15-6-5-7-21(16(15)2)31-14-18-12-17(9-11-22(18)30-4)8-10-20(27)23-19(26(28)29)13-25(3)24-23/h5-13H,14H2,1-4H3/b10-8+. The number of carbonyl (C=O) groups is 1. The summed E-state index contributed by atoms with van der Waals surface area (Å²) in [6.45, 7) is 4.31. The molecule has 0 atom stereocenters. The van der Waals surface area contributed by atoms with Crippen molar-refractivity contribution in [1.29, 1.82) is 0 Å². The molecule has 0 aliphatic rings. The maximum Gasteiger partial charge on any atom is 0.318 e. The van der Waals surface area contributed by atoms with Gasteiger partial charge in [0, 0.05) is 12.6 Å². The lowest BCUT2D eigenvalue weighted by atomic mass is 10.1. The van der Waals surface area contributed by atoms with E-state index in [4.69, 9.17) is 9.47 Å². The highest BCUT2D eigenvalue weighted by Gasteiger charge is 2.23. The first kappa shape index (κ1) is 21.8. The van der Waals surface area contributed by atoms with Crippen molar-refractivity contribution in [3.8, 4) is 11.5 Å². The number of ether oxygens (including phenoxy) is 2. The third kappa shape index (κ3) is 4.98. The summed E-state index contributed by atoms with van der Waals surface area (Å²) in [7, 11) is 3.11. The van der Waals surface area contributed by atoms with Crippen molar-refractivity contribution < 1.29 is 19.2 Å². The lowest BCUT2D eigenvalue weighted by Crippen LogP contribution is -2.02. The topological polar surface area (TPSA) is 96.5 Å². The van der Waals surface area contributed by atoms with E-state index in [2.05, 4.69) is 5.10 Å². The first-order valence-electron chi connectivity index (χ1n) is 9.56. The number of hydrogen-bond donors (Lipinski definition) is 0. The number of nitro groups is 1. The second-order valence-electron chi connectivity index (χ2n) is 7.05. The molecule has 0 saturated carbocycles. The highest BCUT2D eigenvalue weighted by molar-refractivity contribution is 6.07. The van der Waals surface area contributed by atoms with Crippen LogP contribution in [0.1, 0.15) is 32.7 Å². The zero-order valence-electron chi connectivity index (χ0n) is 17.8. The van der Waals surface area contributed by atoms with Gasteiger partial charge in [-0.2, -0.15) is 5.10 Å². The van der Waals surface area contributed by atoms with E-state index in [-0.39, 0.29) is 18.0 Å². The molecule has 0 fully saturated rings. The normalized spacial score (nSPS) is 11.0. The summed E-state index contributed by atoms with van der Waals surface area (Å²) in [5, 5.41) is 15.0. The smallest absolute Gasteiger partial charge is 0.318 e. The fourth-order valence-corrected chi connectivity index (χ4v) is 3.09. The molecule has 2 aromatic carbocycles. The van der Waals surface area contributed by atoms with Crippen LogP contribution in [0.5, 0.6) is 11.5 Å². The molecule has 0 amide bonds. The van der Waals surface area contributed by atoms with Crippen molar-refractivity contribution in [3.63, 3.8) is 0 Å². The Labute approximate surface area is 179 Å². The van der Waals surface area contributed by atoms with E-state index in [0.717, 1.165) is 28.0 Å². The average Bonchev–Trinajstić information content (AvgIpc) is 3.15. The Balaban J connectivity index is 1.81. The minimum Gasteiger partial charge on any atom is -0.496 e. The van der Waals surface area contributed by atoms with Gasteiger partial charge < -0.3 is 9.47 Å². The molecule has 0 spiro atoms. The summed E-state index contributed by atoms with van der Waals surface area (Å²) in [5.74, 6) is 0.908. The molecule has 0 radical (unpaired) electrons. The van der Waals surface area contributed by atoms with E-state index in [0.29, 0.717) is 5.75 Å². The molecule has 1 aromatic heterocycles. The largest absolute Gasteiger partial charge is 0.496 e. The summed E-state index contributed by atoms with van der Waals surface area (Å²) < 4.78 is 12.7. The molecule has 0 unspecified atom stereocenters. The van der Waals surface area contributed by atoms with Crippen LogP contribution in [0.25, 0.3) is 6.08 Å². The van der Waals surface area contributed by atoms with Crippen LogP contribution in [-0.2, 0) is 13.7 Å². The lowest BCUT2D eigenvalue weighted by molar-refractivity contribution is -0.385. The molecule has 160 valence electrons. The second kappa shape index (κ2) is 9.25. The molecule has 0 bridgehead atoms. The first-order chi connectivity index (χ1) is 14.8. The van der Waals surface area contributed by atoms with Crippen LogP contribution in [0.3, 0.4) is 0 Å². The Morgan fingerprint density at radius 1 is 1.23 bits per heavy atom. The fraction of sp³-hybridized carbons (Fsp3) is 0.217. The van der Waals surface area contributed by atoms with Crippen molar-refractivity contribution in [1.82, 2.24) is 9.78 Å². The zero-order chi connectivity index (χ0) is 22.5. The molecule has 0 saturated heterocycles. The Kier molecular flexibility index (Phi) is 6.49. The monoisotopic (exact) mass is 421 g/mol. The minimum absolute atomic E-state index is 0.198. The van der Waals surface area contributed by atoms with Gasteiger partial charge in [-0.3, -0.25) is 19.6 Å². The van der Waals surface area contributed by atoms with Crippen molar-refractivity contribution in [2.45, 2.75) is 20.5 Å². The summed E-state index contributed by atoms with van der Waals surface area (Å²) >= 11 is 0. The van der Waals surface area contributed by atoms with Crippen molar-refractivity contribution in [2.24, 2.45) is 7.05 Å². The van der Waals surface area contributed by atoms with E-state index in [1.807, 2.05) is 38.1 Å². The van der Waals surface area contributed by atoms with Gasteiger partial charge in [-0.25, -0.2) is 0 Å². The molecular formula is C23H23N3O5. The van der Waals surface area contributed by atoms with Crippen molar-refractivity contribution in [2.75, 3.05) is 7.11 Å². The molecule has 3 aromatic rings. The number of ketones is 1. The van der Waals surface area contributed by atoms with Gasteiger partial charge in [0.25, 0.3) is 0 Å². The van der Waals surface area contributed by atoms with Gasteiger partial charge in [0.1, 0.15) is 24.3 Å². The third-order valence-corrected chi connectivity index (χ3v) is 4.91. The number of methoxy groups -OCH3 is 1. The number of aryl methyl sites for hydroxylation is 2. The second-order valence-corrected chi connectivity index (χ2v) is 7.05. The van der Waals surface area contributed by atoms with Gasteiger partial charge in [-0.15, -0.1) is 0 Å². The van der Waals surface area contributed by atoms with Gasteiger partial charge in [-0.1, -0.05) is 24.3 Å². The number of nitrogens with zero attached hydrogens (tertiary/aromatic N) is 3. The van der Waals surface area contributed by atoms with Gasteiger partial charge in [-0.05, 0) is 54.8 Å². The SMILES string of the molecule is COc1ccc(/C=C/C(=O)c2nn(C)cc2[N+](=O)[O-])cc1COc1cccc(C)c1C. The van der Waals surface area contributed by atoms with Gasteiger partial charge >= 0.3 is 5.69 Å². The highest BCUT2D eigenvalue weighted by atomic mass is 16.6. The predicted molar refractivity (Wildman–Crippen MR) is 116 cm³/mol. The molecule has 0 aliphatic carbocycles. The number of allylic oxidation sites excluding steroid dienone is 1. The molecule has 31 heavy (non-hydrogen) atoms. The predicted octanol–water partition coefficient (Wildman–Crippen LogP) is 4.43. The Hall–Kier alpha value is -3.94. The van der Waals surface area contributed by atoms with E-state index < -0.39 is 10.7 Å². The highest BCUT2D eigenvalue weighted by Crippen LogP contribution is 2.26. The van der Waals surface area contributed by atoms with Crippen molar-refractivity contribution >= 4 is 17.5 Å². The molecule has 0 N–H and O–H groups in total. The molecule has 1 heterocycles. The number of hydrogen-bond acceptors (Lipinski definition) is 6. The summed E-state index contributed by atoms with van der Waals surface area (Å²) in [6.07, 6.45) is 4.06. The minimum atomic E-state index is -0.621. The summed E-state index contributed by atoms with van der Waals surface area (Å²) in [6, 6.07) is 11.3. The number of aromatic nitrogens is 2. The van der Waals surface area contributed by atoms with Crippen LogP contribution < -0.4 is 9.47 Å². The molecule has 8 heteroatoms. The van der Waals surface area contributed by atoms with Crippen LogP contribution in [0.2, 0.25) is 0 Å². The fourth-order valence-electron chi connectivity index (χ4n) is 3.09. The summed E-state index contributed by atoms with van der Waals surface area (Å²) in [5.41, 5.74) is 3.22. The number of carbonyl (C=O) groups excluding carboxylic acids is 1. The van der Waals surface area contributed by atoms with Crippen LogP contribution in [0, 0.1) is 24.0 Å². The lowest BCUT2D eigenvalue weighted by Gasteiger charge is -2.13. The van der Waals surface area contributed by atoms with Crippen LogP contribution in [0.15, 0.2) is 48.7 Å². The van der Waals surface area contributed by atoms with Crippen LogP contribution in [0.4, 0.5) is 5.69 Å². The average molecular weight is 421 g/mol. The molecular weight excluding hydrogens is 398 g/mol. The Bertz CT molecular complexity index is 1160. The van der Waals surface area contributed by atoms with Crippen molar-refractivity contribution in [3.05, 3.63) is 86.7 Å². The van der Waals surface area contributed by atoms with Gasteiger partial charge in [0.05, 0.1) is 12.0 Å². The summed E-state index contributed by atoms with van der Waals surface area (Å²) in [4.78, 5) is 22.9. The van der Waals surface area contributed by atoms with Gasteiger partial charge in [0.15, 0.2) is 0 Å². The molecule has 8 nitrogen and oxygen atoms in total. The van der Waals surface area contributed by atoms with Gasteiger partial charge in [0.2, 0.25) is 11.5 Å². The maximum absolute atomic E-state index is 12.4. The Morgan fingerprint density at radius 3 is 2.71 bits per heavy atom. The molecule has 3 rings (SSSR count). The van der Waals surface area contributed by atoms with E-state index in [9.17, 15) is 14.9 Å². The van der Waals surface area contributed by atoms with E-state index in [1.54, 1.807) is 25.3 Å². The quantitative estimate of drug-likeness (QED) is 0.231. The third-order valence-electron chi connectivity index (χ3n) is 4.91. The zero-order valence-corrected chi connectivity index (χ0v) is 17.8. The number of rotatable bonds is 8. The van der Waals surface area contributed by atoms with E-state index >= 15 is 0 Å². The van der Waals surface area contributed by atoms with Crippen LogP contribution in [-0.4, -0.2) is 27.6 Å². The Morgan fingerprint density at radius 2 is 2.00 bits per heavy atom.